The van der Waals surface area contributed by atoms with Gasteiger partial charge in [-0.25, -0.2) is 0 Å². The lowest BCUT2D eigenvalue weighted by Crippen LogP contribution is -2.58. The number of hydrogen-bond donors (Lipinski definition) is 0. The van der Waals surface area contributed by atoms with E-state index in [4.69, 9.17) is 37.4 Å². The first-order chi connectivity index (χ1) is 16.2. The fourth-order valence-corrected chi connectivity index (χ4v) is 11.2. The van der Waals surface area contributed by atoms with E-state index in [-0.39, 0.29) is 37.9 Å². The molecule has 4 atom stereocenters. The summed E-state index contributed by atoms with van der Waals surface area (Å²) in [6.07, 6.45) is -0.480. The molecule has 2 saturated heterocycles. The van der Waals surface area contributed by atoms with Crippen molar-refractivity contribution in [3.05, 3.63) is 0 Å². The zero-order valence-corrected chi connectivity index (χ0v) is 25.2. The molecule has 2 unspecified atom stereocenters. The molecule has 0 aromatic rings. The molecule has 0 aromatic carbocycles. The molecule has 0 radical (unpaired) electrons. The fourth-order valence-electron chi connectivity index (χ4n) is 5.72. The minimum atomic E-state index is -2.11. The van der Waals surface area contributed by atoms with E-state index in [0.29, 0.717) is 29.7 Å². The Morgan fingerprint density at radius 3 is 1.77 bits per heavy atom. The van der Waals surface area contributed by atoms with Crippen LogP contribution in [0.1, 0.15) is 75.7 Å². The molecule has 0 amide bonds. The summed E-state index contributed by atoms with van der Waals surface area (Å²) in [5, 5.41) is 0. The second kappa shape index (κ2) is 12.7. The van der Waals surface area contributed by atoms with Crippen molar-refractivity contribution in [1.82, 2.24) is 0 Å². The lowest BCUT2D eigenvalue weighted by Gasteiger charge is -2.46. The molecule has 0 aliphatic carbocycles. The molecule has 2 heterocycles. The van der Waals surface area contributed by atoms with Crippen LogP contribution < -0.4 is 0 Å². The highest BCUT2D eigenvalue weighted by Gasteiger charge is 2.57. The molecule has 0 N–H and O–H groups in total. The summed E-state index contributed by atoms with van der Waals surface area (Å²) >= 11 is 0. The van der Waals surface area contributed by atoms with Crippen molar-refractivity contribution in [2.75, 3.05) is 34.4 Å². The quantitative estimate of drug-likeness (QED) is 0.251. The molecule has 2 rings (SSSR count). The molecule has 0 saturated carbocycles. The van der Waals surface area contributed by atoms with Crippen molar-refractivity contribution in [2.45, 2.75) is 128 Å². The number of ether oxygens (including phenoxy) is 5. The van der Waals surface area contributed by atoms with Crippen LogP contribution in [0, 0.1) is 0 Å². The molecule has 0 bridgehead atoms. The fraction of sp³-hybridized carbons (Fsp3) is 1.00. The van der Waals surface area contributed by atoms with Crippen LogP contribution in [0.5, 0.6) is 0 Å². The highest BCUT2D eigenvalue weighted by molar-refractivity contribution is 6.77. The van der Waals surface area contributed by atoms with Crippen LogP contribution in [0.25, 0.3) is 0 Å². The minimum absolute atomic E-state index is 0.139. The standard InChI is InChI=1S/C25H51BO8Si/c1-17(2)35(18(3)4,19(5)6)31-14-21-23(30-16-28-12)20(29-15-27-11)13-22(32-21)26-33-24(7,8)25(9,10)34-26/h17-23H,13-16H2,1-12H3/t20-,21?,22?,23+/m1/s1. The maximum atomic E-state index is 6.93. The van der Waals surface area contributed by atoms with Gasteiger partial charge in [-0.15, -0.1) is 0 Å². The lowest BCUT2D eigenvalue weighted by atomic mass is 9.75. The smallest absolute Gasteiger partial charge is 0.413 e. The molecule has 2 aliphatic heterocycles. The number of hydrogen-bond acceptors (Lipinski definition) is 8. The number of methoxy groups -OCH3 is 2. The maximum absolute atomic E-state index is 6.93. The summed E-state index contributed by atoms with van der Waals surface area (Å²) in [4.78, 5) is 0. The van der Waals surface area contributed by atoms with Gasteiger partial charge in [-0.1, -0.05) is 41.5 Å². The Morgan fingerprint density at radius 1 is 0.829 bits per heavy atom. The summed E-state index contributed by atoms with van der Waals surface area (Å²) in [5.41, 5.74) is 0.486. The molecular weight excluding hydrogens is 467 g/mol. The Hall–Kier alpha value is -0.0382. The predicted octanol–water partition coefficient (Wildman–Crippen LogP) is 4.95. The van der Waals surface area contributed by atoms with Gasteiger partial charge in [-0.2, -0.15) is 0 Å². The van der Waals surface area contributed by atoms with Gasteiger partial charge in [-0.05, 0) is 44.3 Å². The first-order valence-electron chi connectivity index (χ1n) is 13.1. The summed E-state index contributed by atoms with van der Waals surface area (Å²) in [6, 6.07) is -0.331. The zero-order valence-electron chi connectivity index (χ0n) is 24.2. The second-order valence-corrected chi connectivity index (χ2v) is 17.3. The van der Waals surface area contributed by atoms with Gasteiger partial charge in [0.05, 0.1) is 29.9 Å². The highest BCUT2D eigenvalue weighted by Crippen LogP contribution is 2.44. The molecule has 2 fully saturated rings. The topological polar surface area (TPSA) is 73.8 Å². The van der Waals surface area contributed by atoms with Gasteiger partial charge < -0.3 is 37.4 Å². The largest absolute Gasteiger partial charge is 0.489 e. The first kappa shape index (κ1) is 31.2. The Labute approximate surface area is 215 Å². The van der Waals surface area contributed by atoms with E-state index in [1.54, 1.807) is 14.2 Å². The lowest BCUT2D eigenvalue weighted by molar-refractivity contribution is -0.234. The highest BCUT2D eigenvalue weighted by atomic mass is 28.4. The molecule has 8 nitrogen and oxygen atoms in total. The van der Waals surface area contributed by atoms with E-state index in [1.807, 2.05) is 27.7 Å². The van der Waals surface area contributed by atoms with Crippen molar-refractivity contribution in [3.8, 4) is 0 Å². The van der Waals surface area contributed by atoms with Crippen molar-refractivity contribution in [2.24, 2.45) is 0 Å². The summed E-state index contributed by atoms with van der Waals surface area (Å²) in [6.45, 7) is 22.6. The maximum Gasteiger partial charge on any atom is 0.489 e. The normalized spacial score (nSPS) is 29.1. The molecule has 35 heavy (non-hydrogen) atoms. The van der Waals surface area contributed by atoms with Crippen LogP contribution in [0.2, 0.25) is 16.6 Å². The molecule has 0 aromatic heterocycles. The molecule has 0 spiro atoms. The summed E-state index contributed by atoms with van der Waals surface area (Å²) < 4.78 is 49.0. The third-order valence-electron chi connectivity index (χ3n) is 8.11. The van der Waals surface area contributed by atoms with Crippen LogP contribution in [0.15, 0.2) is 0 Å². The van der Waals surface area contributed by atoms with Crippen molar-refractivity contribution < 1.29 is 37.4 Å². The molecule has 10 heteroatoms. The monoisotopic (exact) mass is 518 g/mol. The Morgan fingerprint density at radius 2 is 1.31 bits per heavy atom. The van der Waals surface area contributed by atoms with Crippen LogP contribution in [0.3, 0.4) is 0 Å². The van der Waals surface area contributed by atoms with Gasteiger partial charge >= 0.3 is 7.12 Å². The molecule has 206 valence electrons. The third-order valence-corrected chi connectivity index (χ3v) is 14.2. The van der Waals surface area contributed by atoms with E-state index in [0.717, 1.165) is 0 Å². The van der Waals surface area contributed by atoms with E-state index in [9.17, 15) is 0 Å². The van der Waals surface area contributed by atoms with Crippen LogP contribution in [-0.4, -0.2) is 85.4 Å². The summed E-state index contributed by atoms with van der Waals surface area (Å²) in [5.74, 6) is 0. The van der Waals surface area contributed by atoms with Crippen LogP contribution >= 0.6 is 0 Å². The molecular formula is C25H51BO8Si. The van der Waals surface area contributed by atoms with Crippen molar-refractivity contribution in [1.29, 1.82) is 0 Å². The first-order valence-corrected chi connectivity index (χ1v) is 15.2. The Bertz CT molecular complexity index is 607. The zero-order chi connectivity index (χ0) is 26.6. The van der Waals surface area contributed by atoms with Gasteiger partial charge in [0, 0.05) is 20.6 Å². The Balaban J connectivity index is 2.33. The van der Waals surface area contributed by atoms with E-state index < -0.39 is 26.6 Å². The minimum Gasteiger partial charge on any atom is -0.413 e. The van der Waals surface area contributed by atoms with Gasteiger partial charge in [0.15, 0.2) is 8.32 Å². The van der Waals surface area contributed by atoms with Crippen molar-refractivity contribution >= 4 is 15.4 Å². The van der Waals surface area contributed by atoms with Gasteiger partial charge in [0.25, 0.3) is 0 Å². The van der Waals surface area contributed by atoms with Gasteiger partial charge in [0.2, 0.25) is 0 Å². The van der Waals surface area contributed by atoms with E-state index >= 15 is 0 Å². The summed E-state index contributed by atoms with van der Waals surface area (Å²) in [7, 11) is 0.602. The SMILES string of the molecule is COCO[C@@H]1C(CO[Si](C(C)C)(C(C)C)C(C)C)OC(B2OC(C)(C)C(C)(C)O2)C[C@H]1OCOC. The van der Waals surface area contributed by atoms with Crippen LogP contribution in [-0.2, 0) is 37.4 Å². The van der Waals surface area contributed by atoms with E-state index in [2.05, 4.69) is 41.5 Å². The average molecular weight is 519 g/mol. The van der Waals surface area contributed by atoms with Crippen LogP contribution in [0.4, 0.5) is 0 Å². The Kier molecular flexibility index (Phi) is 11.3. The van der Waals surface area contributed by atoms with Gasteiger partial charge in [0.1, 0.15) is 25.8 Å². The van der Waals surface area contributed by atoms with E-state index in [1.165, 1.54) is 0 Å². The third kappa shape index (κ3) is 6.89. The van der Waals surface area contributed by atoms with Gasteiger partial charge in [-0.3, -0.25) is 0 Å². The second-order valence-electron chi connectivity index (χ2n) is 11.9. The average Bonchev–Trinajstić information content (AvgIpc) is 2.97. The number of rotatable bonds is 13. The molecule has 2 aliphatic rings. The van der Waals surface area contributed by atoms with Crippen molar-refractivity contribution in [3.63, 3.8) is 0 Å². The predicted molar refractivity (Wildman–Crippen MR) is 140 cm³/mol.